The molecule has 8 nitrogen and oxygen atoms in total. The van der Waals surface area contributed by atoms with Crippen LogP contribution < -0.4 is 15.0 Å². The molecular formula is C34H32F4N6O2. The Balaban J connectivity index is 1.32. The van der Waals surface area contributed by atoms with E-state index in [2.05, 4.69) is 31.0 Å². The van der Waals surface area contributed by atoms with Gasteiger partial charge in [-0.05, 0) is 55.8 Å². The van der Waals surface area contributed by atoms with E-state index in [-0.39, 0.29) is 58.2 Å². The van der Waals surface area contributed by atoms with Gasteiger partial charge in [-0.2, -0.15) is 9.97 Å². The van der Waals surface area contributed by atoms with Gasteiger partial charge in [-0.25, -0.2) is 17.6 Å². The summed E-state index contributed by atoms with van der Waals surface area (Å²) in [6, 6.07) is 5.65. The van der Waals surface area contributed by atoms with Gasteiger partial charge in [-0.1, -0.05) is 12.0 Å². The van der Waals surface area contributed by atoms with E-state index in [0.717, 1.165) is 32.2 Å². The SMILES string of the molecule is C#Cc1c(F)ccc2cc(O)cc(-c3ncc4c(N5CC6CCC(C5)N6)nc(OC[C@@]56CCCN5C[C@H](F)C6)nc4c3C(F)F)c12. The average molecular weight is 633 g/mol. The number of alkyl halides is 3. The van der Waals surface area contributed by atoms with E-state index in [1.807, 2.05) is 0 Å². The highest BCUT2D eigenvalue weighted by Gasteiger charge is 2.49. The Labute approximate surface area is 262 Å². The number of aromatic hydroxyl groups is 1. The zero-order valence-electron chi connectivity index (χ0n) is 24.9. The summed E-state index contributed by atoms with van der Waals surface area (Å²) < 4.78 is 66.2. The number of rotatable bonds is 6. The second kappa shape index (κ2) is 11.0. The molecule has 0 aliphatic carbocycles. The van der Waals surface area contributed by atoms with Crippen LogP contribution in [-0.2, 0) is 0 Å². The standard InChI is InChI=1S/C34H32F4N6O2/c1-2-23-26(36)7-4-18-10-22(45)11-24(27(18)23)29-28(31(37)38)30-25(13-39-29)32(43-15-20-5-6-21(16-43)40-20)42-33(41-30)46-17-34-8-3-9-44(34)14-19(35)12-34/h1,4,7,10-11,13,19-21,31,40,45H,3,5-6,8-9,12,14-17H2/t19-,20?,21?,34+/m1/s1. The van der Waals surface area contributed by atoms with Crippen LogP contribution in [0, 0.1) is 18.2 Å². The van der Waals surface area contributed by atoms with Gasteiger partial charge in [0.05, 0.1) is 33.3 Å². The number of fused-ring (bicyclic) bond motifs is 5. The van der Waals surface area contributed by atoms with Crippen LogP contribution in [0.1, 0.15) is 49.7 Å². The molecule has 2 unspecified atom stereocenters. The number of hydrogen-bond acceptors (Lipinski definition) is 8. The summed E-state index contributed by atoms with van der Waals surface area (Å²) in [6.45, 7) is 2.50. The Morgan fingerprint density at radius 3 is 2.72 bits per heavy atom. The van der Waals surface area contributed by atoms with Crippen molar-refractivity contribution < 1.29 is 27.4 Å². The summed E-state index contributed by atoms with van der Waals surface area (Å²) in [5, 5.41) is 15.0. The summed E-state index contributed by atoms with van der Waals surface area (Å²) in [6.07, 6.45) is 7.13. The topological polar surface area (TPSA) is 86.6 Å². The van der Waals surface area contributed by atoms with Crippen molar-refractivity contribution in [3.63, 3.8) is 0 Å². The fourth-order valence-corrected chi connectivity index (χ4v) is 8.17. The van der Waals surface area contributed by atoms with Crippen molar-refractivity contribution in [2.45, 2.75) is 62.3 Å². The molecule has 4 fully saturated rings. The van der Waals surface area contributed by atoms with Gasteiger partial charge >= 0.3 is 6.01 Å². The summed E-state index contributed by atoms with van der Waals surface area (Å²) in [5.74, 6) is 1.86. The fourth-order valence-electron chi connectivity index (χ4n) is 8.17. The number of aromatic nitrogens is 3. The number of phenolic OH excluding ortho intramolecular Hbond substituents is 1. The molecule has 2 bridgehead atoms. The normalized spacial score (nSPS) is 25.9. The van der Waals surface area contributed by atoms with Crippen LogP contribution in [0.2, 0.25) is 0 Å². The molecule has 6 heterocycles. The molecule has 2 aromatic carbocycles. The lowest BCUT2D eigenvalue weighted by molar-refractivity contribution is 0.107. The minimum absolute atomic E-state index is 0.0583. The molecular weight excluding hydrogens is 600 g/mol. The zero-order chi connectivity index (χ0) is 31.7. The van der Waals surface area contributed by atoms with Gasteiger partial charge in [0, 0.05) is 55.3 Å². The van der Waals surface area contributed by atoms with E-state index < -0.39 is 29.5 Å². The van der Waals surface area contributed by atoms with Crippen molar-refractivity contribution >= 4 is 27.5 Å². The molecule has 4 aliphatic rings. The van der Waals surface area contributed by atoms with Crippen LogP contribution in [0.3, 0.4) is 0 Å². The van der Waals surface area contributed by atoms with Gasteiger partial charge in [0.1, 0.15) is 30.2 Å². The largest absolute Gasteiger partial charge is 0.508 e. The minimum Gasteiger partial charge on any atom is -0.508 e. The highest BCUT2D eigenvalue weighted by atomic mass is 19.3. The number of benzene rings is 2. The molecule has 0 amide bonds. The van der Waals surface area contributed by atoms with Gasteiger partial charge in [0.15, 0.2) is 0 Å². The van der Waals surface area contributed by atoms with Crippen molar-refractivity contribution in [3.05, 3.63) is 47.4 Å². The molecule has 0 saturated carbocycles. The van der Waals surface area contributed by atoms with E-state index in [4.69, 9.17) is 16.1 Å². The van der Waals surface area contributed by atoms with Crippen LogP contribution in [0.5, 0.6) is 11.8 Å². The van der Waals surface area contributed by atoms with Crippen molar-refractivity contribution in [1.29, 1.82) is 0 Å². The van der Waals surface area contributed by atoms with Crippen LogP contribution in [0.25, 0.3) is 32.9 Å². The summed E-state index contributed by atoms with van der Waals surface area (Å²) in [5.41, 5.74) is -1.30. The van der Waals surface area contributed by atoms with E-state index in [9.17, 15) is 13.9 Å². The molecule has 12 heteroatoms. The predicted octanol–water partition coefficient (Wildman–Crippen LogP) is 5.50. The molecule has 0 radical (unpaired) electrons. The first-order valence-corrected chi connectivity index (χ1v) is 15.7. The fraction of sp³-hybridized carbons (Fsp3) is 0.441. The molecule has 4 aromatic rings. The maximum absolute atomic E-state index is 15.3. The van der Waals surface area contributed by atoms with Gasteiger partial charge in [0.2, 0.25) is 0 Å². The number of anilines is 1. The van der Waals surface area contributed by atoms with Crippen molar-refractivity contribution in [3.8, 4) is 35.4 Å². The lowest BCUT2D eigenvalue weighted by Crippen LogP contribution is -2.51. The van der Waals surface area contributed by atoms with E-state index in [1.165, 1.54) is 30.5 Å². The van der Waals surface area contributed by atoms with Gasteiger partial charge in [0.25, 0.3) is 6.43 Å². The number of phenols is 1. The van der Waals surface area contributed by atoms with Crippen LogP contribution in [0.4, 0.5) is 23.4 Å². The smallest absolute Gasteiger partial charge is 0.319 e. The molecule has 0 spiro atoms. The third-order valence-electron chi connectivity index (χ3n) is 10.2. The van der Waals surface area contributed by atoms with E-state index >= 15 is 8.78 Å². The zero-order valence-corrected chi connectivity index (χ0v) is 24.9. The maximum atomic E-state index is 15.3. The minimum atomic E-state index is -3.06. The van der Waals surface area contributed by atoms with Crippen LogP contribution in [0.15, 0.2) is 30.5 Å². The summed E-state index contributed by atoms with van der Waals surface area (Å²) >= 11 is 0. The Kier molecular flexibility index (Phi) is 6.95. The van der Waals surface area contributed by atoms with Crippen LogP contribution >= 0.6 is 0 Å². The van der Waals surface area contributed by atoms with E-state index in [1.54, 1.807) is 0 Å². The third-order valence-corrected chi connectivity index (χ3v) is 10.2. The van der Waals surface area contributed by atoms with E-state index in [0.29, 0.717) is 42.6 Å². The second-order valence-corrected chi connectivity index (χ2v) is 13.0. The Morgan fingerprint density at radius 2 is 1.96 bits per heavy atom. The molecule has 46 heavy (non-hydrogen) atoms. The maximum Gasteiger partial charge on any atom is 0.319 e. The molecule has 2 aromatic heterocycles. The van der Waals surface area contributed by atoms with Crippen molar-refractivity contribution in [2.75, 3.05) is 37.7 Å². The number of pyridine rings is 1. The number of piperazine rings is 1. The highest BCUT2D eigenvalue weighted by molar-refractivity contribution is 6.04. The molecule has 4 aliphatic heterocycles. The summed E-state index contributed by atoms with van der Waals surface area (Å²) in [7, 11) is 0. The van der Waals surface area contributed by atoms with Crippen molar-refractivity contribution in [1.82, 2.24) is 25.2 Å². The number of nitrogens with one attached hydrogen (secondary N) is 1. The monoisotopic (exact) mass is 632 g/mol. The Bertz CT molecular complexity index is 1910. The highest BCUT2D eigenvalue weighted by Crippen LogP contribution is 2.44. The second-order valence-electron chi connectivity index (χ2n) is 13.0. The van der Waals surface area contributed by atoms with Gasteiger partial charge in [-0.3, -0.25) is 9.88 Å². The first kappa shape index (κ1) is 29.2. The summed E-state index contributed by atoms with van der Waals surface area (Å²) in [4.78, 5) is 18.0. The van der Waals surface area contributed by atoms with Crippen molar-refractivity contribution in [2.24, 2.45) is 0 Å². The molecule has 8 rings (SSSR count). The molecule has 4 saturated heterocycles. The lowest BCUT2D eigenvalue weighted by atomic mass is 9.93. The Morgan fingerprint density at radius 1 is 1.15 bits per heavy atom. The first-order valence-electron chi connectivity index (χ1n) is 15.7. The predicted molar refractivity (Wildman–Crippen MR) is 165 cm³/mol. The lowest BCUT2D eigenvalue weighted by Gasteiger charge is -2.34. The molecule has 4 atom stereocenters. The van der Waals surface area contributed by atoms with Gasteiger partial charge in [-0.15, -0.1) is 6.42 Å². The number of hydrogen-bond donors (Lipinski definition) is 2. The number of halogens is 4. The van der Waals surface area contributed by atoms with Crippen LogP contribution in [-0.4, -0.2) is 81.5 Å². The number of terminal acetylenes is 1. The number of nitrogens with zero attached hydrogens (tertiary/aromatic N) is 5. The third kappa shape index (κ3) is 4.71. The number of ether oxygens (including phenoxy) is 1. The molecule has 238 valence electrons. The first-order chi connectivity index (χ1) is 22.2. The Hall–Kier alpha value is -4.21. The molecule has 2 N–H and O–H groups in total. The quantitative estimate of drug-likeness (QED) is 0.213. The average Bonchev–Trinajstić information content (AvgIpc) is 3.68. The van der Waals surface area contributed by atoms with Gasteiger partial charge < -0.3 is 20.1 Å².